The molecular weight excluding hydrogens is 428 g/mol. The van der Waals surface area contributed by atoms with Gasteiger partial charge in [-0.05, 0) is 29.9 Å². The molecule has 0 aliphatic carbocycles. The molecule has 0 fully saturated rings. The lowest BCUT2D eigenvalue weighted by molar-refractivity contribution is -0.385. The topological polar surface area (TPSA) is 117 Å². The fourth-order valence-electron chi connectivity index (χ4n) is 3.37. The lowest BCUT2D eigenvalue weighted by Crippen LogP contribution is -2.23. The molecule has 0 aliphatic heterocycles. The molecule has 2 aromatic carbocycles. The second kappa shape index (κ2) is 11.3. The Morgan fingerprint density at radius 3 is 2.15 bits per heavy atom. The number of nitro groups is 1. The summed E-state index contributed by atoms with van der Waals surface area (Å²) in [4.78, 5) is 36.0. The van der Waals surface area contributed by atoms with Crippen LogP contribution in [0.4, 0.5) is 11.4 Å². The molecule has 0 spiro atoms. The van der Waals surface area contributed by atoms with E-state index in [1.165, 1.54) is 13.2 Å². The first kappa shape index (κ1) is 25.6. The Balaban J connectivity index is 2.25. The largest absolute Gasteiger partial charge is 0.493 e. The van der Waals surface area contributed by atoms with E-state index in [9.17, 15) is 19.7 Å². The number of methoxy groups -OCH3 is 1. The summed E-state index contributed by atoms with van der Waals surface area (Å²) in [5.74, 6) is -0.944. The van der Waals surface area contributed by atoms with Gasteiger partial charge in [0.2, 0.25) is 0 Å². The van der Waals surface area contributed by atoms with Crippen molar-refractivity contribution in [2.75, 3.05) is 25.6 Å². The molecule has 0 saturated heterocycles. The van der Waals surface area contributed by atoms with Crippen molar-refractivity contribution in [2.24, 2.45) is 0 Å². The number of hydrogen-bond donors (Lipinski definition) is 1. The van der Waals surface area contributed by atoms with Crippen LogP contribution in [0.2, 0.25) is 0 Å². The van der Waals surface area contributed by atoms with Crippen LogP contribution in [0, 0.1) is 10.1 Å². The maximum absolute atomic E-state index is 12.6. The standard InChI is InChI=1S/C24H30N2O7/c1-7-32-21-11-18(19(26(29)30)12-20(21)31-6)24(28)33-13-22(27)25-23-16(14(2)3)9-8-10-17(23)15(4)5/h8-12,14-15H,7,13H2,1-6H3,(H,25,27). The summed E-state index contributed by atoms with van der Waals surface area (Å²) in [7, 11) is 1.34. The van der Waals surface area contributed by atoms with E-state index >= 15 is 0 Å². The van der Waals surface area contributed by atoms with Gasteiger partial charge in [-0.3, -0.25) is 14.9 Å². The number of rotatable bonds is 10. The molecule has 1 amide bonds. The third kappa shape index (κ3) is 6.21. The number of benzene rings is 2. The van der Waals surface area contributed by atoms with Crippen molar-refractivity contribution in [3.05, 3.63) is 57.1 Å². The zero-order valence-corrected chi connectivity index (χ0v) is 19.8. The molecule has 0 radical (unpaired) electrons. The molecule has 0 heterocycles. The maximum Gasteiger partial charge on any atom is 0.345 e. The number of carbonyl (C=O) groups excluding carboxylic acids is 2. The number of hydrogen-bond acceptors (Lipinski definition) is 7. The Morgan fingerprint density at radius 1 is 1.06 bits per heavy atom. The molecule has 9 nitrogen and oxygen atoms in total. The summed E-state index contributed by atoms with van der Waals surface area (Å²) in [5, 5.41) is 14.3. The second-order valence-electron chi connectivity index (χ2n) is 7.96. The Kier molecular flexibility index (Phi) is 8.78. The first-order valence-electron chi connectivity index (χ1n) is 10.7. The van der Waals surface area contributed by atoms with Crippen molar-refractivity contribution in [3.63, 3.8) is 0 Å². The van der Waals surface area contributed by atoms with Crippen LogP contribution < -0.4 is 14.8 Å². The van der Waals surface area contributed by atoms with E-state index in [-0.39, 0.29) is 35.5 Å². The number of nitrogens with one attached hydrogen (secondary N) is 1. The number of anilines is 1. The predicted octanol–water partition coefficient (Wildman–Crippen LogP) is 5.04. The Morgan fingerprint density at radius 2 is 1.67 bits per heavy atom. The molecular formula is C24H30N2O7. The molecule has 0 aliphatic rings. The molecule has 9 heteroatoms. The van der Waals surface area contributed by atoms with Crippen molar-refractivity contribution in [1.82, 2.24) is 0 Å². The summed E-state index contributed by atoms with van der Waals surface area (Å²) < 4.78 is 15.6. The Bertz CT molecular complexity index is 1010. The van der Waals surface area contributed by atoms with Gasteiger partial charge in [0.1, 0.15) is 5.56 Å². The van der Waals surface area contributed by atoms with Gasteiger partial charge in [-0.25, -0.2) is 4.79 Å². The summed E-state index contributed by atoms with van der Waals surface area (Å²) in [6, 6.07) is 8.10. The van der Waals surface area contributed by atoms with Gasteiger partial charge in [0.05, 0.1) is 24.7 Å². The van der Waals surface area contributed by atoms with Crippen molar-refractivity contribution < 1.29 is 28.7 Å². The van der Waals surface area contributed by atoms with Crippen molar-refractivity contribution in [1.29, 1.82) is 0 Å². The quantitative estimate of drug-likeness (QED) is 0.301. The van der Waals surface area contributed by atoms with Crippen LogP contribution in [0.1, 0.15) is 67.9 Å². The number of ether oxygens (including phenoxy) is 3. The van der Waals surface area contributed by atoms with Crippen molar-refractivity contribution in [2.45, 2.75) is 46.5 Å². The third-order valence-electron chi connectivity index (χ3n) is 4.97. The molecule has 0 aromatic heterocycles. The maximum atomic E-state index is 12.6. The number of esters is 1. The molecule has 0 unspecified atom stereocenters. The molecule has 0 atom stereocenters. The van der Waals surface area contributed by atoms with E-state index in [2.05, 4.69) is 5.32 Å². The lowest BCUT2D eigenvalue weighted by atomic mass is 9.92. The minimum atomic E-state index is -1.01. The van der Waals surface area contributed by atoms with Crippen molar-refractivity contribution in [3.8, 4) is 11.5 Å². The average molecular weight is 459 g/mol. The van der Waals surface area contributed by atoms with Crippen LogP contribution in [0.5, 0.6) is 11.5 Å². The van der Waals surface area contributed by atoms with Gasteiger partial charge in [-0.15, -0.1) is 0 Å². The molecule has 2 rings (SSSR count). The normalized spacial score (nSPS) is 10.8. The van der Waals surface area contributed by atoms with Crippen molar-refractivity contribution >= 4 is 23.3 Å². The number of nitro benzene ring substituents is 1. The third-order valence-corrected chi connectivity index (χ3v) is 4.97. The van der Waals surface area contributed by atoms with Crippen LogP contribution in [-0.4, -0.2) is 37.1 Å². The highest BCUT2D eigenvalue weighted by atomic mass is 16.6. The molecule has 0 saturated carbocycles. The van der Waals surface area contributed by atoms with E-state index in [1.807, 2.05) is 45.9 Å². The van der Waals surface area contributed by atoms with E-state index in [4.69, 9.17) is 14.2 Å². The van der Waals surface area contributed by atoms with Gasteiger partial charge in [0.25, 0.3) is 11.6 Å². The Hall–Kier alpha value is -3.62. The zero-order valence-electron chi connectivity index (χ0n) is 19.8. The van der Waals surface area contributed by atoms with Gasteiger partial charge < -0.3 is 19.5 Å². The summed E-state index contributed by atoms with van der Waals surface area (Å²) >= 11 is 0. The van der Waals surface area contributed by atoms with Crippen LogP contribution in [0.15, 0.2) is 30.3 Å². The first-order chi connectivity index (χ1) is 15.6. The number of carbonyl (C=O) groups is 2. The minimum absolute atomic E-state index is 0.115. The molecule has 33 heavy (non-hydrogen) atoms. The SMILES string of the molecule is CCOc1cc(C(=O)OCC(=O)Nc2c(C(C)C)cccc2C(C)C)c([N+](=O)[O-])cc1OC. The lowest BCUT2D eigenvalue weighted by Gasteiger charge is -2.20. The summed E-state index contributed by atoms with van der Waals surface area (Å²) in [6.07, 6.45) is 0. The predicted molar refractivity (Wildman–Crippen MR) is 124 cm³/mol. The number of nitrogens with zero attached hydrogens (tertiary/aromatic N) is 1. The first-order valence-corrected chi connectivity index (χ1v) is 10.7. The molecule has 178 valence electrons. The molecule has 2 aromatic rings. The highest BCUT2D eigenvalue weighted by Crippen LogP contribution is 2.35. The van der Waals surface area contributed by atoms with Crippen LogP contribution in [0.3, 0.4) is 0 Å². The van der Waals surface area contributed by atoms with E-state index in [1.54, 1.807) is 6.92 Å². The Labute approximate surface area is 193 Å². The van der Waals surface area contributed by atoms with E-state index in [0.717, 1.165) is 17.2 Å². The van der Waals surface area contributed by atoms with Crippen LogP contribution >= 0.6 is 0 Å². The van der Waals surface area contributed by atoms with Crippen LogP contribution in [0.25, 0.3) is 0 Å². The van der Waals surface area contributed by atoms with E-state index in [0.29, 0.717) is 5.69 Å². The van der Waals surface area contributed by atoms with Gasteiger partial charge in [0, 0.05) is 11.8 Å². The summed E-state index contributed by atoms with van der Waals surface area (Å²) in [5.41, 5.74) is 1.79. The van der Waals surface area contributed by atoms with Gasteiger partial charge in [-0.1, -0.05) is 45.9 Å². The van der Waals surface area contributed by atoms with Gasteiger partial charge in [0.15, 0.2) is 18.1 Å². The average Bonchev–Trinajstić information content (AvgIpc) is 2.76. The monoisotopic (exact) mass is 458 g/mol. The van der Waals surface area contributed by atoms with Crippen LogP contribution in [-0.2, 0) is 9.53 Å². The molecule has 1 N–H and O–H groups in total. The highest BCUT2D eigenvalue weighted by molar-refractivity contribution is 5.98. The fraction of sp³-hybridized carbons (Fsp3) is 0.417. The van der Waals surface area contributed by atoms with E-state index < -0.39 is 29.1 Å². The second-order valence-corrected chi connectivity index (χ2v) is 7.96. The minimum Gasteiger partial charge on any atom is -0.493 e. The summed E-state index contributed by atoms with van der Waals surface area (Å²) in [6.45, 7) is 9.47. The fourth-order valence-corrected chi connectivity index (χ4v) is 3.37. The zero-order chi connectivity index (χ0) is 24.7. The highest BCUT2D eigenvalue weighted by Gasteiger charge is 2.26. The van der Waals surface area contributed by atoms with Gasteiger partial charge in [-0.2, -0.15) is 0 Å². The number of para-hydroxylation sites is 1. The van der Waals surface area contributed by atoms with Gasteiger partial charge >= 0.3 is 5.97 Å². The smallest absolute Gasteiger partial charge is 0.345 e. The molecule has 0 bridgehead atoms. The number of amides is 1.